The van der Waals surface area contributed by atoms with Crippen LogP contribution in [-0.2, 0) is 10.2 Å². The summed E-state index contributed by atoms with van der Waals surface area (Å²) < 4.78 is 5.03. The third-order valence-corrected chi connectivity index (χ3v) is 5.72. The zero-order valence-corrected chi connectivity index (χ0v) is 19.2. The summed E-state index contributed by atoms with van der Waals surface area (Å²) in [7, 11) is 0. The van der Waals surface area contributed by atoms with Gasteiger partial charge in [-0.25, -0.2) is 4.79 Å². The van der Waals surface area contributed by atoms with Gasteiger partial charge in [0.25, 0.3) is 0 Å². The van der Waals surface area contributed by atoms with E-state index in [0.717, 1.165) is 28.7 Å². The van der Waals surface area contributed by atoms with E-state index in [2.05, 4.69) is 61.8 Å². The van der Waals surface area contributed by atoms with Gasteiger partial charge in [0.1, 0.15) is 0 Å². The van der Waals surface area contributed by atoms with Gasteiger partial charge in [0.2, 0.25) is 0 Å². The van der Waals surface area contributed by atoms with Crippen LogP contribution in [0.4, 0.5) is 0 Å². The fraction of sp³-hybridized carbons (Fsp3) is 0.194. The van der Waals surface area contributed by atoms with E-state index in [1.54, 1.807) is 19.1 Å². The molecule has 4 rings (SSSR count). The standard InChI is InChI=1S/C31H26O2/c1-4-33-30(32)27-17-13-24(14-18-27)10-11-25-15-19-28-26(16-12-23-8-6-5-7-9-23)20-21-31(2,3)29(28)22-25/h5-9,13-15,17-20,22H,4,21H2,1-3H3. The molecule has 0 unspecified atom stereocenters. The van der Waals surface area contributed by atoms with Crippen molar-refractivity contribution in [1.29, 1.82) is 0 Å². The van der Waals surface area contributed by atoms with Gasteiger partial charge in [0.15, 0.2) is 0 Å². The van der Waals surface area contributed by atoms with Crippen LogP contribution < -0.4 is 0 Å². The lowest BCUT2D eigenvalue weighted by Crippen LogP contribution is -2.21. The number of allylic oxidation sites excluding steroid dienone is 2. The lowest BCUT2D eigenvalue weighted by molar-refractivity contribution is 0.0526. The highest BCUT2D eigenvalue weighted by Gasteiger charge is 2.27. The first-order valence-corrected chi connectivity index (χ1v) is 11.2. The van der Waals surface area contributed by atoms with Gasteiger partial charge in [-0.2, -0.15) is 0 Å². The number of carbonyl (C=O) groups is 1. The largest absolute Gasteiger partial charge is 0.462 e. The summed E-state index contributed by atoms with van der Waals surface area (Å²) in [6, 6.07) is 23.6. The fourth-order valence-electron chi connectivity index (χ4n) is 3.82. The van der Waals surface area contributed by atoms with Crippen LogP contribution >= 0.6 is 0 Å². The number of hydrogen-bond acceptors (Lipinski definition) is 2. The van der Waals surface area contributed by atoms with E-state index in [0.29, 0.717) is 12.2 Å². The van der Waals surface area contributed by atoms with Crippen molar-refractivity contribution in [2.45, 2.75) is 32.6 Å². The summed E-state index contributed by atoms with van der Waals surface area (Å²) in [5.41, 5.74) is 6.91. The molecule has 2 heteroatoms. The Balaban J connectivity index is 1.60. The molecule has 0 amide bonds. The Morgan fingerprint density at radius 3 is 2.21 bits per heavy atom. The van der Waals surface area contributed by atoms with Gasteiger partial charge in [-0.3, -0.25) is 0 Å². The van der Waals surface area contributed by atoms with Crippen LogP contribution in [-0.4, -0.2) is 12.6 Å². The quantitative estimate of drug-likeness (QED) is 0.348. The summed E-state index contributed by atoms with van der Waals surface area (Å²) in [4.78, 5) is 11.8. The molecular weight excluding hydrogens is 404 g/mol. The first kappa shape index (κ1) is 22.2. The van der Waals surface area contributed by atoms with Crippen molar-refractivity contribution >= 4 is 11.5 Å². The molecule has 2 nitrogen and oxygen atoms in total. The van der Waals surface area contributed by atoms with Crippen LogP contribution in [0.15, 0.2) is 78.9 Å². The molecule has 0 saturated carbocycles. The fourth-order valence-corrected chi connectivity index (χ4v) is 3.82. The molecule has 0 atom stereocenters. The van der Waals surface area contributed by atoms with Gasteiger partial charge in [-0.05, 0) is 78.4 Å². The van der Waals surface area contributed by atoms with Gasteiger partial charge in [-0.15, -0.1) is 0 Å². The Labute approximate surface area is 196 Å². The van der Waals surface area contributed by atoms with Crippen LogP contribution in [0.25, 0.3) is 5.57 Å². The molecule has 0 saturated heterocycles. The van der Waals surface area contributed by atoms with E-state index in [1.165, 1.54) is 11.1 Å². The van der Waals surface area contributed by atoms with E-state index in [9.17, 15) is 4.79 Å². The lowest BCUT2D eigenvalue weighted by Gasteiger charge is -2.31. The van der Waals surface area contributed by atoms with Crippen molar-refractivity contribution in [3.8, 4) is 23.7 Å². The Morgan fingerprint density at radius 1 is 0.848 bits per heavy atom. The predicted molar refractivity (Wildman–Crippen MR) is 134 cm³/mol. The van der Waals surface area contributed by atoms with Gasteiger partial charge in [-0.1, -0.05) is 67.9 Å². The van der Waals surface area contributed by atoms with Crippen molar-refractivity contribution < 1.29 is 9.53 Å². The zero-order chi connectivity index (χ0) is 23.3. The average Bonchev–Trinajstić information content (AvgIpc) is 2.83. The third-order valence-electron chi connectivity index (χ3n) is 5.72. The Hall–Kier alpha value is -4.01. The molecule has 0 radical (unpaired) electrons. The summed E-state index contributed by atoms with van der Waals surface area (Å²) in [5.74, 6) is 12.8. The zero-order valence-electron chi connectivity index (χ0n) is 19.2. The summed E-state index contributed by atoms with van der Waals surface area (Å²) in [6.45, 7) is 6.68. The minimum atomic E-state index is -0.312. The summed E-state index contributed by atoms with van der Waals surface area (Å²) in [6.07, 6.45) is 3.18. The van der Waals surface area contributed by atoms with Crippen molar-refractivity contribution in [2.24, 2.45) is 0 Å². The highest BCUT2D eigenvalue weighted by Crippen LogP contribution is 2.39. The SMILES string of the molecule is CCOC(=O)c1ccc(C#Cc2ccc3c(c2)C(C)(C)CC=C3C#Cc2ccccc2)cc1. The maximum atomic E-state index is 11.8. The van der Waals surface area contributed by atoms with E-state index < -0.39 is 0 Å². The van der Waals surface area contributed by atoms with E-state index in [4.69, 9.17) is 4.74 Å². The Kier molecular flexibility index (Phi) is 6.48. The van der Waals surface area contributed by atoms with Crippen LogP contribution in [0.2, 0.25) is 0 Å². The Morgan fingerprint density at radius 2 is 1.48 bits per heavy atom. The molecule has 162 valence electrons. The van der Waals surface area contributed by atoms with Crippen LogP contribution in [0.1, 0.15) is 65.4 Å². The number of hydrogen-bond donors (Lipinski definition) is 0. The number of benzene rings is 3. The number of esters is 1. The Bertz CT molecular complexity index is 1320. The first-order chi connectivity index (χ1) is 16.0. The highest BCUT2D eigenvalue weighted by atomic mass is 16.5. The molecular formula is C31H26O2. The second kappa shape index (κ2) is 9.64. The second-order valence-corrected chi connectivity index (χ2v) is 8.63. The maximum absolute atomic E-state index is 11.8. The number of ether oxygens (including phenoxy) is 1. The van der Waals surface area contributed by atoms with E-state index >= 15 is 0 Å². The van der Waals surface area contributed by atoms with Crippen molar-refractivity contribution in [3.63, 3.8) is 0 Å². The minimum absolute atomic E-state index is 0.0201. The van der Waals surface area contributed by atoms with Crippen LogP contribution in [0.5, 0.6) is 0 Å². The van der Waals surface area contributed by atoms with E-state index in [-0.39, 0.29) is 11.4 Å². The lowest BCUT2D eigenvalue weighted by atomic mass is 9.73. The number of fused-ring (bicyclic) bond motifs is 1. The smallest absolute Gasteiger partial charge is 0.338 e. The number of carbonyl (C=O) groups excluding carboxylic acids is 1. The molecule has 0 spiro atoms. The van der Waals surface area contributed by atoms with Crippen molar-refractivity contribution in [1.82, 2.24) is 0 Å². The molecule has 3 aromatic carbocycles. The van der Waals surface area contributed by atoms with Gasteiger partial charge >= 0.3 is 5.97 Å². The van der Waals surface area contributed by atoms with Crippen molar-refractivity contribution in [3.05, 3.63) is 112 Å². The monoisotopic (exact) mass is 430 g/mol. The van der Waals surface area contributed by atoms with Gasteiger partial charge in [0.05, 0.1) is 12.2 Å². The summed E-state index contributed by atoms with van der Waals surface area (Å²) >= 11 is 0. The van der Waals surface area contributed by atoms with Crippen molar-refractivity contribution in [2.75, 3.05) is 6.61 Å². The topological polar surface area (TPSA) is 26.3 Å². The molecule has 33 heavy (non-hydrogen) atoms. The molecule has 3 aromatic rings. The molecule has 0 aromatic heterocycles. The molecule has 0 N–H and O–H groups in total. The molecule has 0 heterocycles. The van der Waals surface area contributed by atoms with Crippen LogP contribution in [0, 0.1) is 23.7 Å². The molecule has 0 fully saturated rings. The average molecular weight is 431 g/mol. The molecule has 1 aliphatic rings. The minimum Gasteiger partial charge on any atom is -0.462 e. The normalized spacial score (nSPS) is 13.4. The van der Waals surface area contributed by atoms with Gasteiger partial charge < -0.3 is 4.74 Å². The van der Waals surface area contributed by atoms with Gasteiger partial charge in [0, 0.05) is 22.3 Å². The first-order valence-electron chi connectivity index (χ1n) is 11.2. The van der Waals surface area contributed by atoms with E-state index in [1.807, 2.05) is 42.5 Å². The second-order valence-electron chi connectivity index (χ2n) is 8.63. The summed E-state index contributed by atoms with van der Waals surface area (Å²) in [5, 5.41) is 0. The highest BCUT2D eigenvalue weighted by molar-refractivity contribution is 5.89. The van der Waals surface area contributed by atoms with Crippen LogP contribution in [0.3, 0.4) is 0 Å². The maximum Gasteiger partial charge on any atom is 0.338 e. The number of rotatable bonds is 2. The third kappa shape index (κ3) is 5.25. The molecule has 0 aliphatic heterocycles. The molecule has 1 aliphatic carbocycles. The predicted octanol–water partition coefficient (Wildman–Crippen LogP) is 6.38. The molecule has 0 bridgehead atoms.